The Labute approximate surface area is 227 Å². The first-order valence-electron chi connectivity index (χ1n) is 12.5. The van der Waals surface area contributed by atoms with Crippen molar-refractivity contribution in [2.75, 3.05) is 0 Å². The Morgan fingerprint density at radius 3 is 1.79 bits per heavy atom. The van der Waals surface area contributed by atoms with Crippen LogP contribution in [0.3, 0.4) is 0 Å². The average Bonchev–Trinajstić information content (AvgIpc) is 3.36. The molecule has 0 aliphatic heterocycles. The van der Waals surface area contributed by atoms with Crippen LogP contribution < -0.4 is 0 Å². The van der Waals surface area contributed by atoms with Gasteiger partial charge in [-0.3, -0.25) is 0 Å². The minimum atomic E-state index is 0.269. The minimum Gasteiger partial charge on any atom is -0.216 e. The number of rotatable bonds is 2. The normalized spacial score (nSPS) is 11.8. The molecule has 4 heteroatoms. The van der Waals surface area contributed by atoms with Gasteiger partial charge in [-0.15, -0.1) is 11.3 Å². The smallest absolute Gasteiger partial charge is 0.216 e. The first-order valence-corrected chi connectivity index (χ1v) is 13.7. The van der Waals surface area contributed by atoms with E-state index >= 15 is 0 Å². The molecule has 0 saturated carbocycles. The molecule has 2 aromatic heterocycles. The fourth-order valence-corrected chi connectivity index (χ4v) is 7.19. The molecule has 0 bridgehead atoms. The molecule has 0 N–H and O–H groups in total. The summed E-state index contributed by atoms with van der Waals surface area (Å²) < 4.78 is 2.25. The Balaban J connectivity index is 1.43. The van der Waals surface area contributed by atoms with Crippen LogP contribution in [0.1, 0.15) is 0 Å². The Hall–Kier alpha value is -4.31. The largest absolute Gasteiger partial charge is 0.223 e. The first-order chi connectivity index (χ1) is 18.8. The molecule has 0 aliphatic rings. The molecule has 0 amide bonds. The molecule has 2 heterocycles. The van der Waals surface area contributed by atoms with Gasteiger partial charge in [-0.2, -0.15) is 0 Å². The molecule has 8 rings (SSSR count). The van der Waals surface area contributed by atoms with E-state index in [1.807, 2.05) is 18.2 Å². The Morgan fingerprint density at radius 2 is 1.08 bits per heavy atom. The maximum absolute atomic E-state index is 6.44. The molecule has 0 fully saturated rings. The van der Waals surface area contributed by atoms with Crippen molar-refractivity contribution in [3.63, 3.8) is 0 Å². The lowest BCUT2D eigenvalue weighted by Gasteiger charge is -2.12. The molecule has 6 aromatic carbocycles. The van der Waals surface area contributed by atoms with Crippen LogP contribution in [0.25, 0.3) is 75.0 Å². The number of benzene rings is 6. The molecule has 0 spiro atoms. The van der Waals surface area contributed by atoms with E-state index in [-0.39, 0.29) is 5.28 Å². The zero-order chi connectivity index (χ0) is 25.2. The van der Waals surface area contributed by atoms with Crippen molar-refractivity contribution >= 4 is 75.6 Å². The Kier molecular flexibility index (Phi) is 4.78. The third-order valence-corrected chi connectivity index (χ3v) is 8.82. The number of nitrogens with zero attached hydrogens (tertiary/aromatic N) is 2. The van der Waals surface area contributed by atoms with Gasteiger partial charge in [0, 0.05) is 15.6 Å². The van der Waals surface area contributed by atoms with Crippen LogP contribution in [0.4, 0.5) is 0 Å². The van der Waals surface area contributed by atoms with Crippen molar-refractivity contribution in [2.24, 2.45) is 0 Å². The third-order valence-electron chi connectivity index (χ3n) is 7.41. The summed E-state index contributed by atoms with van der Waals surface area (Å²) in [4.78, 5) is 9.31. The lowest BCUT2D eigenvalue weighted by Crippen LogP contribution is -1.88. The molecule has 0 radical (unpaired) electrons. The Bertz CT molecular complexity index is 2160. The maximum atomic E-state index is 6.44. The van der Waals surface area contributed by atoms with Crippen LogP contribution in [0.5, 0.6) is 0 Å². The van der Waals surface area contributed by atoms with Crippen molar-refractivity contribution in [2.45, 2.75) is 0 Å². The van der Waals surface area contributed by atoms with Crippen LogP contribution >= 0.6 is 22.9 Å². The number of halogens is 1. The van der Waals surface area contributed by atoms with E-state index in [0.29, 0.717) is 0 Å². The quantitative estimate of drug-likeness (QED) is 0.167. The SMILES string of the molecule is Clc1nc(-c2ccccc2)c2sc3c(-c4ccc5c6ccccc6c6ccccc6c5c4)cccc3c2n1. The fraction of sp³-hybridized carbons (Fsp3) is 0. The van der Waals surface area contributed by atoms with Crippen LogP contribution in [0, 0.1) is 0 Å². The third kappa shape index (κ3) is 3.19. The lowest BCUT2D eigenvalue weighted by molar-refractivity contribution is 1.24. The molecule has 0 unspecified atom stereocenters. The highest BCUT2D eigenvalue weighted by Crippen LogP contribution is 2.44. The number of hydrogen-bond acceptors (Lipinski definition) is 3. The van der Waals surface area contributed by atoms with Crippen molar-refractivity contribution in [1.29, 1.82) is 0 Å². The molecule has 8 aromatic rings. The van der Waals surface area contributed by atoms with Gasteiger partial charge < -0.3 is 0 Å². The predicted octanol–water partition coefficient (Wildman–Crippen LogP) is 10.3. The molecule has 2 nitrogen and oxygen atoms in total. The van der Waals surface area contributed by atoms with Gasteiger partial charge in [-0.25, -0.2) is 9.97 Å². The van der Waals surface area contributed by atoms with E-state index in [1.54, 1.807) is 11.3 Å². The molecule has 38 heavy (non-hydrogen) atoms. The zero-order valence-electron chi connectivity index (χ0n) is 20.2. The summed E-state index contributed by atoms with van der Waals surface area (Å²) in [6, 6.07) is 40.9. The van der Waals surface area contributed by atoms with E-state index in [4.69, 9.17) is 11.6 Å². The second-order valence-corrected chi connectivity index (χ2v) is 10.9. The highest BCUT2D eigenvalue weighted by atomic mass is 35.5. The monoisotopic (exact) mass is 522 g/mol. The fourth-order valence-electron chi connectivity index (χ4n) is 5.73. The van der Waals surface area contributed by atoms with Gasteiger partial charge in [0.2, 0.25) is 5.28 Å². The van der Waals surface area contributed by atoms with Gasteiger partial charge in [0.15, 0.2) is 0 Å². The second-order valence-electron chi connectivity index (χ2n) is 9.52. The summed E-state index contributed by atoms with van der Waals surface area (Å²) in [5.41, 5.74) is 5.21. The molecular weight excluding hydrogens is 504 g/mol. The van der Waals surface area contributed by atoms with Crippen molar-refractivity contribution < 1.29 is 0 Å². The van der Waals surface area contributed by atoms with Gasteiger partial charge in [-0.1, -0.05) is 109 Å². The minimum absolute atomic E-state index is 0.269. The van der Waals surface area contributed by atoms with Crippen LogP contribution in [0.2, 0.25) is 5.28 Å². The van der Waals surface area contributed by atoms with Gasteiger partial charge in [0.05, 0.1) is 15.9 Å². The van der Waals surface area contributed by atoms with Crippen molar-refractivity contribution in [3.8, 4) is 22.4 Å². The van der Waals surface area contributed by atoms with Gasteiger partial charge in [0.25, 0.3) is 0 Å². The van der Waals surface area contributed by atoms with Crippen molar-refractivity contribution in [3.05, 3.63) is 121 Å². The topological polar surface area (TPSA) is 25.8 Å². The van der Waals surface area contributed by atoms with Crippen LogP contribution in [0.15, 0.2) is 115 Å². The van der Waals surface area contributed by atoms with Crippen LogP contribution in [-0.2, 0) is 0 Å². The van der Waals surface area contributed by atoms with E-state index in [2.05, 4.69) is 107 Å². The highest BCUT2D eigenvalue weighted by molar-refractivity contribution is 7.26. The molecular formula is C34H19ClN2S. The van der Waals surface area contributed by atoms with Gasteiger partial charge in [-0.05, 0) is 61.1 Å². The molecule has 0 saturated heterocycles. The van der Waals surface area contributed by atoms with Gasteiger partial charge in [0.1, 0.15) is 0 Å². The highest BCUT2D eigenvalue weighted by Gasteiger charge is 2.18. The summed E-state index contributed by atoms with van der Waals surface area (Å²) in [5.74, 6) is 0. The zero-order valence-corrected chi connectivity index (χ0v) is 21.7. The number of fused-ring (bicyclic) bond motifs is 9. The Morgan fingerprint density at radius 1 is 0.474 bits per heavy atom. The molecule has 0 aliphatic carbocycles. The second kappa shape index (κ2) is 8.35. The summed E-state index contributed by atoms with van der Waals surface area (Å²) >= 11 is 8.18. The van der Waals surface area contributed by atoms with Crippen LogP contribution in [-0.4, -0.2) is 9.97 Å². The van der Waals surface area contributed by atoms with E-state index < -0.39 is 0 Å². The van der Waals surface area contributed by atoms with Crippen molar-refractivity contribution in [1.82, 2.24) is 9.97 Å². The summed E-state index contributed by atoms with van der Waals surface area (Å²) in [5, 5.41) is 9.04. The summed E-state index contributed by atoms with van der Waals surface area (Å²) in [6.07, 6.45) is 0. The maximum Gasteiger partial charge on any atom is 0.223 e. The predicted molar refractivity (Wildman–Crippen MR) is 163 cm³/mol. The average molecular weight is 523 g/mol. The van der Waals surface area contributed by atoms with E-state index in [9.17, 15) is 0 Å². The van der Waals surface area contributed by atoms with E-state index in [0.717, 1.165) is 26.9 Å². The molecule has 0 atom stereocenters. The molecule has 178 valence electrons. The number of aromatic nitrogens is 2. The number of hydrogen-bond donors (Lipinski definition) is 0. The standard InChI is InChI=1S/C34H19ClN2S/c35-34-36-30(20-9-2-1-3-10-20)33-31(37-34)28-16-8-15-22(32(28)38-33)21-17-18-27-25-13-5-4-11-23(25)24-12-6-7-14-26(24)29(27)19-21/h1-19H. The van der Waals surface area contributed by atoms with Gasteiger partial charge >= 0.3 is 0 Å². The summed E-state index contributed by atoms with van der Waals surface area (Å²) in [7, 11) is 0. The number of thiophene rings is 1. The first kappa shape index (κ1) is 21.7. The summed E-state index contributed by atoms with van der Waals surface area (Å²) in [6.45, 7) is 0. The lowest BCUT2D eigenvalue weighted by atomic mass is 9.92. The van der Waals surface area contributed by atoms with E-state index in [1.165, 1.54) is 48.1 Å².